The number of anilines is 1. The topological polar surface area (TPSA) is 64.4 Å². The van der Waals surface area contributed by atoms with Crippen molar-refractivity contribution in [2.24, 2.45) is 5.73 Å². The molecule has 0 heterocycles. The molecular formula is C17H26N2O2. The fourth-order valence-corrected chi connectivity index (χ4v) is 2.74. The summed E-state index contributed by atoms with van der Waals surface area (Å²) in [6.07, 6.45) is 7.42. The Bertz CT molecular complexity index is 439. The van der Waals surface area contributed by atoms with Gasteiger partial charge in [-0.1, -0.05) is 13.3 Å². The zero-order valence-corrected chi connectivity index (χ0v) is 12.8. The summed E-state index contributed by atoms with van der Waals surface area (Å²) in [4.78, 5) is 11.8. The molecule has 3 N–H and O–H groups in total. The largest absolute Gasteiger partial charge is 0.490 e. The Morgan fingerprint density at radius 2 is 2.00 bits per heavy atom. The van der Waals surface area contributed by atoms with Crippen molar-refractivity contribution in [3.63, 3.8) is 0 Å². The van der Waals surface area contributed by atoms with E-state index >= 15 is 0 Å². The Labute approximate surface area is 127 Å². The predicted octanol–water partition coefficient (Wildman–Crippen LogP) is 3.46. The van der Waals surface area contributed by atoms with E-state index in [1.165, 1.54) is 12.8 Å². The molecule has 2 rings (SSSR count). The fraction of sp³-hybridized carbons (Fsp3) is 0.588. The van der Waals surface area contributed by atoms with Gasteiger partial charge in [0, 0.05) is 18.2 Å². The van der Waals surface area contributed by atoms with Crippen LogP contribution in [0.15, 0.2) is 24.3 Å². The van der Waals surface area contributed by atoms with Gasteiger partial charge in [-0.25, -0.2) is 0 Å². The number of rotatable bonds is 7. The van der Waals surface area contributed by atoms with E-state index in [1.807, 2.05) is 24.3 Å². The van der Waals surface area contributed by atoms with Gasteiger partial charge in [-0.15, -0.1) is 0 Å². The van der Waals surface area contributed by atoms with E-state index in [4.69, 9.17) is 10.5 Å². The molecule has 1 unspecified atom stereocenters. The Morgan fingerprint density at radius 1 is 1.33 bits per heavy atom. The monoisotopic (exact) mass is 290 g/mol. The van der Waals surface area contributed by atoms with Crippen LogP contribution in [0.4, 0.5) is 5.69 Å². The van der Waals surface area contributed by atoms with Crippen LogP contribution in [0.2, 0.25) is 0 Å². The summed E-state index contributed by atoms with van der Waals surface area (Å²) < 4.78 is 5.90. The van der Waals surface area contributed by atoms with Crippen LogP contribution in [0.1, 0.15) is 51.9 Å². The highest BCUT2D eigenvalue weighted by atomic mass is 16.5. The van der Waals surface area contributed by atoms with Crippen molar-refractivity contribution in [3.8, 4) is 5.75 Å². The molecule has 116 valence electrons. The van der Waals surface area contributed by atoms with Crippen molar-refractivity contribution >= 4 is 11.6 Å². The number of amides is 1. The van der Waals surface area contributed by atoms with Crippen LogP contribution < -0.4 is 15.8 Å². The highest BCUT2D eigenvalue weighted by molar-refractivity contribution is 5.91. The Balaban J connectivity index is 1.79. The number of nitrogens with two attached hydrogens (primary N) is 1. The second-order valence-corrected chi connectivity index (χ2v) is 5.85. The number of carbonyl (C=O) groups is 1. The molecule has 0 radical (unpaired) electrons. The van der Waals surface area contributed by atoms with E-state index in [1.54, 1.807) is 0 Å². The van der Waals surface area contributed by atoms with E-state index in [2.05, 4.69) is 12.2 Å². The van der Waals surface area contributed by atoms with E-state index in [0.717, 1.165) is 37.1 Å². The van der Waals surface area contributed by atoms with Gasteiger partial charge in [0.25, 0.3) is 0 Å². The summed E-state index contributed by atoms with van der Waals surface area (Å²) in [5, 5.41) is 2.88. The SMILES string of the molecule is CCCC(N)CC(=O)Nc1ccc(OC2CCCC2)cc1. The molecule has 0 bridgehead atoms. The first kappa shape index (κ1) is 15.8. The minimum absolute atomic E-state index is 0.0274. The van der Waals surface area contributed by atoms with Crippen molar-refractivity contribution in [1.82, 2.24) is 0 Å². The summed E-state index contributed by atoms with van der Waals surface area (Å²) in [5.41, 5.74) is 6.67. The van der Waals surface area contributed by atoms with Gasteiger partial charge in [-0.3, -0.25) is 4.79 Å². The molecule has 4 heteroatoms. The third-order valence-electron chi connectivity index (χ3n) is 3.85. The summed E-state index contributed by atoms with van der Waals surface area (Å²) in [6, 6.07) is 7.54. The van der Waals surface area contributed by atoms with Gasteiger partial charge in [0.2, 0.25) is 5.91 Å². The van der Waals surface area contributed by atoms with Gasteiger partial charge >= 0.3 is 0 Å². The molecule has 21 heavy (non-hydrogen) atoms. The molecule has 1 fully saturated rings. The molecule has 1 atom stereocenters. The van der Waals surface area contributed by atoms with Gasteiger partial charge in [-0.2, -0.15) is 0 Å². The number of ether oxygens (including phenoxy) is 1. The normalized spacial score (nSPS) is 16.7. The first-order chi connectivity index (χ1) is 10.2. The van der Waals surface area contributed by atoms with Gasteiger partial charge in [0.1, 0.15) is 5.75 Å². The average Bonchev–Trinajstić information content (AvgIpc) is 2.94. The average molecular weight is 290 g/mol. The highest BCUT2D eigenvalue weighted by Crippen LogP contribution is 2.25. The van der Waals surface area contributed by atoms with Crippen LogP contribution >= 0.6 is 0 Å². The Morgan fingerprint density at radius 3 is 2.62 bits per heavy atom. The van der Waals surface area contributed by atoms with Gasteiger partial charge in [0.15, 0.2) is 0 Å². The third-order valence-corrected chi connectivity index (χ3v) is 3.85. The lowest BCUT2D eigenvalue weighted by Crippen LogP contribution is -2.26. The van der Waals surface area contributed by atoms with E-state index < -0.39 is 0 Å². The lowest BCUT2D eigenvalue weighted by molar-refractivity contribution is -0.116. The first-order valence-corrected chi connectivity index (χ1v) is 7.99. The van der Waals surface area contributed by atoms with Crippen molar-refractivity contribution < 1.29 is 9.53 Å². The number of benzene rings is 1. The summed E-state index contributed by atoms with van der Waals surface area (Å²) in [7, 11) is 0. The minimum Gasteiger partial charge on any atom is -0.490 e. The molecule has 1 aromatic carbocycles. The van der Waals surface area contributed by atoms with Gasteiger partial charge < -0.3 is 15.8 Å². The Kier molecular flexibility index (Phi) is 6.05. The molecule has 0 saturated heterocycles. The molecule has 4 nitrogen and oxygen atoms in total. The predicted molar refractivity (Wildman–Crippen MR) is 85.5 cm³/mol. The van der Waals surface area contributed by atoms with Gasteiger partial charge in [0.05, 0.1) is 6.10 Å². The molecule has 1 aliphatic carbocycles. The maximum atomic E-state index is 11.8. The second kappa shape index (κ2) is 8.03. The summed E-state index contributed by atoms with van der Waals surface area (Å²) >= 11 is 0. The fourth-order valence-electron chi connectivity index (χ4n) is 2.74. The number of nitrogens with one attached hydrogen (secondary N) is 1. The lowest BCUT2D eigenvalue weighted by Gasteiger charge is -2.14. The van der Waals surface area contributed by atoms with Crippen LogP contribution in [0, 0.1) is 0 Å². The summed E-state index contributed by atoms with van der Waals surface area (Å²) in [6.45, 7) is 2.07. The van der Waals surface area contributed by atoms with Crippen molar-refractivity contribution in [3.05, 3.63) is 24.3 Å². The smallest absolute Gasteiger partial charge is 0.225 e. The van der Waals surface area contributed by atoms with Crippen LogP contribution in [-0.4, -0.2) is 18.1 Å². The first-order valence-electron chi connectivity index (χ1n) is 7.99. The molecule has 1 saturated carbocycles. The Hall–Kier alpha value is -1.55. The van der Waals surface area contributed by atoms with E-state index in [9.17, 15) is 4.79 Å². The van der Waals surface area contributed by atoms with Crippen LogP contribution in [-0.2, 0) is 4.79 Å². The molecule has 1 amide bonds. The van der Waals surface area contributed by atoms with Crippen LogP contribution in [0.3, 0.4) is 0 Å². The maximum Gasteiger partial charge on any atom is 0.225 e. The van der Waals surface area contributed by atoms with Crippen molar-refractivity contribution in [2.45, 2.75) is 64.0 Å². The van der Waals surface area contributed by atoms with E-state index in [-0.39, 0.29) is 11.9 Å². The molecule has 0 spiro atoms. The number of hydrogen-bond acceptors (Lipinski definition) is 3. The van der Waals surface area contributed by atoms with Crippen LogP contribution in [0.25, 0.3) is 0 Å². The third kappa shape index (κ3) is 5.38. The highest BCUT2D eigenvalue weighted by Gasteiger charge is 2.16. The number of carbonyl (C=O) groups excluding carboxylic acids is 1. The second-order valence-electron chi connectivity index (χ2n) is 5.85. The molecular weight excluding hydrogens is 264 g/mol. The molecule has 1 aliphatic rings. The molecule has 1 aromatic rings. The lowest BCUT2D eigenvalue weighted by atomic mass is 10.1. The quantitative estimate of drug-likeness (QED) is 0.808. The molecule has 0 aliphatic heterocycles. The van der Waals surface area contributed by atoms with Crippen molar-refractivity contribution in [2.75, 3.05) is 5.32 Å². The van der Waals surface area contributed by atoms with E-state index in [0.29, 0.717) is 12.5 Å². The maximum absolute atomic E-state index is 11.8. The van der Waals surface area contributed by atoms with Crippen LogP contribution in [0.5, 0.6) is 5.75 Å². The minimum atomic E-state index is -0.0556. The molecule has 0 aromatic heterocycles. The van der Waals surface area contributed by atoms with Crippen molar-refractivity contribution in [1.29, 1.82) is 0 Å². The zero-order valence-electron chi connectivity index (χ0n) is 12.8. The standard InChI is InChI=1S/C17H26N2O2/c1-2-5-13(18)12-17(20)19-14-8-10-16(11-9-14)21-15-6-3-4-7-15/h8-11,13,15H,2-7,12,18H2,1H3,(H,19,20). The zero-order chi connectivity index (χ0) is 15.1. The van der Waals surface area contributed by atoms with Gasteiger partial charge in [-0.05, 0) is 56.4 Å². The summed E-state index contributed by atoms with van der Waals surface area (Å²) in [5.74, 6) is 0.850. The number of hydrogen-bond donors (Lipinski definition) is 2.